The van der Waals surface area contributed by atoms with Crippen LogP contribution in [-0.4, -0.2) is 30.1 Å². The molecule has 4 heteroatoms. The van der Waals surface area contributed by atoms with Crippen molar-refractivity contribution in [1.82, 2.24) is 0 Å². The highest BCUT2D eigenvalue weighted by Crippen LogP contribution is 2.77. The van der Waals surface area contributed by atoms with Crippen LogP contribution in [0.25, 0.3) is 0 Å². The Labute approximate surface area is 219 Å². The Morgan fingerprint density at radius 1 is 0.889 bits per heavy atom. The van der Waals surface area contributed by atoms with Crippen molar-refractivity contribution in [3.63, 3.8) is 0 Å². The van der Waals surface area contributed by atoms with Crippen molar-refractivity contribution in [1.29, 1.82) is 0 Å². The molecule has 0 aromatic heterocycles. The van der Waals surface area contributed by atoms with Gasteiger partial charge in [-0.05, 0) is 104 Å². The number of hydrogen-bond donors (Lipinski definition) is 0. The van der Waals surface area contributed by atoms with Crippen molar-refractivity contribution in [2.75, 3.05) is 6.61 Å². The average molecular weight is 499 g/mol. The lowest BCUT2D eigenvalue weighted by atomic mass is 9.30. The van der Waals surface area contributed by atoms with Crippen LogP contribution in [0.4, 0.5) is 0 Å². The van der Waals surface area contributed by atoms with E-state index in [-0.39, 0.29) is 22.9 Å². The molecule has 0 unspecified atom stereocenters. The highest BCUT2D eigenvalue weighted by molar-refractivity contribution is 5.89. The molecule has 5 saturated carbocycles. The first-order valence-electron chi connectivity index (χ1n) is 15.0. The lowest BCUT2D eigenvalue weighted by Gasteiger charge is -2.75. The Hall–Kier alpha value is -0.900. The van der Waals surface area contributed by atoms with Crippen LogP contribution < -0.4 is 0 Å². The molecule has 0 radical (unpaired) electrons. The Morgan fingerprint density at radius 3 is 2.28 bits per heavy atom. The van der Waals surface area contributed by atoms with E-state index < -0.39 is 5.60 Å². The van der Waals surface area contributed by atoms with Gasteiger partial charge in [-0.25, -0.2) is 0 Å². The summed E-state index contributed by atoms with van der Waals surface area (Å²) < 4.78 is 12.3. The van der Waals surface area contributed by atoms with Crippen molar-refractivity contribution in [2.45, 2.75) is 125 Å². The second-order valence-electron chi connectivity index (χ2n) is 15.8. The predicted octanol–water partition coefficient (Wildman–Crippen LogP) is 6.99. The van der Waals surface area contributed by atoms with Crippen molar-refractivity contribution < 1.29 is 19.1 Å². The Morgan fingerprint density at radius 2 is 1.61 bits per heavy atom. The second-order valence-corrected chi connectivity index (χ2v) is 15.8. The first-order chi connectivity index (χ1) is 16.7. The molecule has 0 aromatic rings. The van der Waals surface area contributed by atoms with E-state index in [0.29, 0.717) is 51.6 Å². The fourth-order valence-corrected chi connectivity index (χ4v) is 12.4. The molecule has 0 N–H and O–H groups in total. The van der Waals surface area contributed by atoms with E-state index in [1.54, 1.807) is 6.92 Å². The highest BCUT2D eigenvalue weighted by Gasteiger charge is 2.73. The number of fused-ring (bicyclic) bond motifs is 7. The van der Waals surface area contributed by atoms with Gasteiger partial charge in [-0.1, -0.05) is 41.5 Å². The zero-order chi connectivity index (χ0) is 26.1. The van der Waals surface area contributed by atoms with Crippen LogP contribution in [0.3, 0.4) is 0 Å². The van der Waals surface area contributed by atoms with Crippen molar-refractivity contribution in [3.8, 4) is 0 Å². The Kier molecular flexibility index (Phi) is 5.21. The van der Waals surface area contributed by atoms with Gasteiger partial charge in [0, 0.05) is 24.2 Å². The number of esters is 1. The van der Waals surface area contributed by atoms with Gasteiger partial charge in [-0.3, -0.25) is 9.59 Å². The minimum absolute atomic E-state index is 0.0116. The molecule has 7 fully saturated rings. The molecule has 36 heavy (non-hydrogen) atoms. The lowest BCUT2D eigenvalue weighted by molar-refractivity contribution is -0.294. The molecule has 1 spiro atoms. The molecule has 202 valence electrons. The summed E-state index contributed by atoms with van der Waals surface area (Å²) in [5.74, 6) is 3.13. The van der Waals surface area contributed by atoms with Crippen LogP contribution in [0, 0.1) is 56.7 Å². The maximum Gasteiger partial charge on any atom is 0.302 e. The van der Waals surface area contributed by atoms with Crippen LogP contribution >= 0.6 is 0 Å². The number of carbonyl (C=O) groups is 2. The quantitative estimate of drug-likeness (QED) is 0.366. The van der Waals surface area contributed by atoms with Gasteiger partial charge in [-0.2, -0.15) is 0 Å². The molecule has 11 atom stereocenters. The molecule has 5 aliphatic carbocycles. The van der Waals surface area contributed by atoms with Gasteiger partial charge in [0.1, 0.15) is 11.7 Å². The largest absolute Gasteiger partial charge is 0.462 e. The SMILES string of the molecule is CC(=O)O[C@@H]1CC[C@]2(C)[C@H](CC[C@]3(C)[C@@H]2CC[C@@H]2[C@@H]4[C@H](C)[C@@]5(C)OC[C@@]4(CC[C@@]23C)CC5=O)C1(C)C. The summed E-state index contributed by atoms with van der Waals surface area (Å²) in [7, 11) is 0. The van der Waals surface area contributed by atoms with E-state index in [1.165, 1.54) is 38.5 Å². The van der Waals surface area contributed by atoms with Crippen LogP contribution in [0.1, 0.15) is 113 Å². The monoisotopic (exact) mass is 498 g/mol. The van der Waals surface area contributed by atoms with Gasteiger partial charge in [0.15, 0.2) is 5.78 Å². The number of hydrogen-bond acceptors (Lipinski definition) is 4. The minimum Gasteiger partial charge on any atom is -0.462 e. The summed E-state index contributed by atoms with van der Waals surface area (Å²) in [6, 6.07) is 0. The topological polar surface area (TPSA) is 52.6 Å². The summed E-state index contributed by atoms with van der Waals surface area (Å²) in [5.41, 5.74) is 0.422. The van der Waals surface area contributed by atoms with Gasteiger partial charge >= 0.3 is 5.97 Å². The first kappa shape index (κ1) is 25.4. The normalized spacial score (nSPS) is 57.2. The van der Waals surface area contributed by atoms with E-state index in [1.807, 2.05) is 0 Å². The van der Waals surface area contributed by atoms with Crippen LogP contribution in [0.5, 0.6) is 0 Å². The molecule has 7 rings (SSSR count). The predicted molar refractivity (Wildman–Crippen MR) is 140 cm³/mol. The maximum absolute atomic E-state index is 13.2. The number of ketones is 1. The van der Waals surface area contributed by atoms with Crippen molar-refractivity contribution >= 4 is 11.8 Å². The standard InChI is InChI=1S/C32H50O4/c1-19-26-21-9-10-23-28(5)13-12-25(36-20(2)33)27(3,4)22(28)11-14-30(23,7)29(21,6)15-16-32(26)17-24(34)31(19,8)35-18-32/h19,21-23,25-26H,9-18H2,1-8H3/t19-,21+,22+,23+,25+,26-,28+,29-,30+,31+,32+/m0/s1. The fraction of sp³-hybridized carbons (Fsp3) is 0.938. The molecule has 2 bridgehead atoms. The fourth-order valence-electron chi connectivity index (χ4n) is 12.4. The Balaban J connectivity index is 1.36. The van der Waals surface area contributed by atoms with Gasteiger partial charge in [0.05, 0.1) is 6.61 Å². The number of rotatable bonds is 1. The maximum atomic E-state index is 13.2. The molecule has 2 aliphatic heterocycles. The molecule has 4 nitrogen and oxygen atoms in total. The van der Waals surface area contributed by atoms with Crippen molar-refractivity contribution in [2.24, 2.45) is 56.7 Å². The zero-order valence-corrected chi connectivity index (χ0v) is 24.2. The molecule has 7 aliphatic rings. The number of Topliss-reactive ketones (excluding diaryl/α,β-unsaturated/α-hetero) is 1. The highest BCUT2D eigenvalue weighted by atomic mass is 16.5. The lowest BCUT2D eigenvalue weighted by Crippen LogP contribution is -2.72. The zero-order valence-electron chi connectivity index (χ0n) is 24.2. The molecule has 0 aromatic carbocycles. The number of carbonyl (C=O) groups excluding carboxylic acids is 2. The molecule has 2 heterocycles. The minimum atomic E-state index is -0.578. The summed E-state index contributed by atoms with van der Waals surface area (Å²) in [6.07, 6.45) is 10.5. The van der Waals surface area contributed by atoms with Crippen LogP contribution in [0.2, 0.25) is 0 Å². The molecule has 0 amide bonds. The van der Waals surface area contributed by atoms with Crippen molar-refractivity contribution in [3.05, 3.63) is 0 Å². The van der Waals surface area contributed by atoms with E-state index in [2.05, 4.69) is 48.5 Å². The smallest absolute Gasteiger partial charge is 0.302 e. The van der Waals surface area contributed by atoms with E-state index >= 15 is 0 Å². The Bertz CT molecular complexity index is 987. The molecule has 2 saturated heterocycles. The van der Waals surface area contributed by atoms with E-state index in [4.69, 9.17) is 9.47 Å². The summed E-state index contributed by atoms with van der Waals surface area (Å²) >= 11 is 0. The summed E-state index contributed by atoms with van der Waals surface area (Å²) in [4.78, 5) is 25.1. The van der Waals surface area contributed by atoms with Gasteiger partial charge in [-0.15, -0.1) is 0 Å². The van der Waals surface area contributed by atoms with E-state index in [0.717, 1.165) is 25.9 Å². The third kappa shape index (κ3) is 2.81. The van der Waals surface area contributed by atoms with Gasteiger partial charge < -0.3 is 9.47 Å². The van der Waals surface area contributed by atoms with Gasteiger partial charge in [0.2, 0.25) is 0 Å². The summed E-state index contributed by atoms with van der Waals surface area (Å²) in [5, 5.41) is 0. The third-order valence-electron chi connectivity index (χ3n) is 14.6. The van der Waals surface area contributed by atoms with Crippen LogP contribution in [-0.2, 0) is 19.1 Å². The van der Waals surface area contributed by atoms with Gasteiger partial charge in [0.25, 0.3) is 0 Å². The average Bonchev–Trinajstić information content (AvgIpc) is 2.78. The molecular formula is C32H50O4. The summed E-state index contributed by atoms with van der Waals surface area (Å²) in [6.45, 7) is 19.5. The van der Waals surface area contributed by atoms with E-state index in [9.17, 15) is 9.59 Å². The van der Waals surface area contributed by atoms with Crippen LogP contribution in [0.15, 0.2) is 0 Å². The second kappa shape index (κ2) is 7.39. The number of ether oxygens (including phenoxy) is 2. The molecular weight excluding hydrogens is 448 g/mol. The first-order valence-corrected chi connectivity index (χ1v) is 15.0. The third-order valence-corrected chi connectivity index (χ3v) is 14.6.